The highest BCUT2D eigenvalue weighted by atomic mass is 32.2. The molecular formula is C24H34F3N5O5S. The second-order valence-electron chi connectivity index (χ2n) is 9.65. The Kier molecular flexibility index (Phi) is 9.31. The lowest BCUT2D eigenvalue weighted by molar-refractivity contribution is -0.140. The zero-order valence-corrected chi connectivity index (χ0v) is 22.8. The molecule has 3 atom stereocenters. The number of carbonyl (C=O) groups excluding carboxylic acids is 1. The molecule has 0 radical (unpaired) electrons. The maximum Gasteiger partial charge on any atom is 0.390 e. The summed E-state index contributed by atoms with van der Waals surface area (Å²) >= 11 is 0. The number of hydrogen-bond acceptors (Lipinski definition) is 7. The van der Waals surface area contributed by atoms with E-state index in [4.69, 9.17) is 9.47 Å². The molecule has 0 bridgehead atoms. The second kappa shape index (κ2) is 11.9. The molecule has 1 aromatic heterocycles. The number of nitrogens with zero attached hydrogens (tertiary/aromatic N) is 4. The molecule has 14 heteroatoms. The molecule has 1 aromatic carbocycles. The Hall–Kier alpha value is -2.84. The summed E-state index contributed by atoms with van der Waals surface area (Å²) in [6, 6.07) is 3.88. The molecule has 38 heavy (non-hydrogen) atoms. The van der Waals surface area contributed by atoms with E-state index in [1.807, 2.05) is 6.92 Å². The number of nitrogens with one attached hydrogen (secondary N) is 1. The van der Waals surface area contributed by atoms with Crippen LogP contribution in [-0.2, 0) is 21.8 Å². The molecule has 2 aromatic rings. The fourth-order valence-electron chi connectivity index (χ4n) is 4.23. The predicted molar refractivity (Wildman–Crippen MR) is 135 cm³/mol. The topological polar surface area (TPSA) is 106 Å². The van der Waals surface area contributed by atoms with Crippen molar-refractivity contribution >= 4 is 21.6 Å². The third-order valence-electron chi connectivity index (χ3n) is 6.47. The summed E-state index contributed by atoms with van der Waals surface area (Å²) in [7, 11) is 0.698. The van der Waals surface area contributed by atoms with Crippen LogP contribution >= 0.6 is 0 Å². The third-order valence-corrected chi connectivity index (χ3v) is 7.73. The average Bonchev–Trinajstić information content (AvgIpc) is 3.29. The highest BCUT2D eigenvalue weighted by Crippen LogP contribution is 2.28. The molecule has 0 aliphatic carbocycles. The number of aromatic nitrogens is 2. The number of likely N-dealkylation sites (N-methyl/N-ethyl adjacent to an activating group) is 1. The normalized spacial score (nSPS) is 22.3. The number of alkyl halides is 3. The average molecular weight is 562 g/mol. The van der Waals surface area contributed by atoms with Crippen LogP contribution in [0.4, 0.5) is 18.9 Å². The number of halogens is 3. The van der Waals surface area contributed by atoms with Crippen LogP contribution in [0.2, 0.25) is 0 Å². The summed E-state index contributed by atoms with van der Waals surface area (Å²) in [5.41, 5.74) is 0.231. The van der Waals surface area contributed by atoms with Gasteiger partial charge in [0.05, 0.1) is 24.4 Å². The minimum atomic E-state index is -4.30. The van der Waals surface area contributed by atoms with E-state index >= 15 is 0 Å². The van der Waals surface area contributed by atoms with E-state index in [1.54, 1.807) is 25.9 Å². The Bertz CT molecular complexity index is 1220. The number of ether oxygens (including phenoxy) is 2. The fourth-order valence-corrected chi connectivity index (χ4v) is 5.26. The number of rotatable bonds is 6. The summed E-state index contributed by atoms with van der Waals surface area (Å²) in [5, 5.41) is -0.183. The highest BCUT2D eigenvalue weighted by Gasteiger charge is 2.32. The van der Waals surface area contributed by atoms with E-state index in [1.165, 1.54) is 47.3 Å². The van der Waals surface area contributed by atoms with Crippen LogP contribution in [0.1, 0.15) is 30.6 Å². The quantitative estimate of drug-likeness (QED) is 0.578. The van der Waals surface area contributed by atoms with Crippen molar-refractivity contribution in [2.45, 2.75) is 43.6 Å². The summed E-state index contributed by atoms with van der Waals surface area (Å²) in [6.45, 7) is 3.93. The van der Waals surface area contributed by atoms with Gasteiger partial charge in [-0.15, -0.1) is 0 Å². The number of aryl methyl sites for hydroxylation is 1. The molecule has 2 heterocycles. The first kappa shape index (κ1) is 29.7. The van der Waals surface area contributed by atoms with E-state index in [0.29, 0.717) is 6.54 Å². The first-order valence-electron chi connectivity index (χ1n) is 12.1. The second-order valence-corrected chi connectivity index (χ2v) is 11.3. The first-order valence-corrected chi connectivity index (χ1v) is 13.5. The number of hydrogen-bond donors (Lipinski definition) is 1. The number of methoxy groups -OCH3 is 1. The Morgan fingerprint density at radius 3 is 2.53 bits per heavy atom. The maximum absolute atomic E-state index is 13.4. The van der Waals surface area contributed by atoms with Gasteiger partial charge in [-0.05, 0) is 31.0 Å². The van der Waals surface area contributed by atoms with Crippen molar-refractivity contribution < 1.29 is 35.9 Å². The van der Waals surface area contributed by atoms with Crippen molar-refractivity contribution in [3.05, 3.63) is 36.3 Å². The monoisotopic (exact) mass is 561 g/mol. The number of benzene rings is 1. The Balaban J connectivity index is 1.94. The van der Waals surface area contributed by atoms with Gasteiger partial charge in [-0.2, -0.15) is 21.6 Å². The predicted octanol–water partition coefficient (Wildman–Crippen LogP) is 2.98. The van der Waals surface area contributed by atoms with Gasteiger partial charge in [-0.1, -0.05) is 6.92 Å². The molecule has 1 aliphatic rings. The standard InChI is InChI=1S/C24H34F3N5O5S/c1-16-11-32(9-8-24(25,26)27)17(2)14-37-20-7-6-18(29-38(34,35)22-13-30(3)15-28-22)10-19(20)23(33)31(4)12-21(16)36-5/h6-7,10,13,15-17,21,29H,8-9,11-12,14H2,1-5H3/t16-,17+,21+/m0/s1. The lowest BCUT2D eigenvalue weighted by Crippen LogP contribution is -2.47. The molecule has 0 unspecified atom stereocenters. The lowest BCUT2D eigenvalue weighted by atomic mass is 10.0. The SMILES string of the molecule is CO[C@@H]1CN(C)C(=O)c2cc(NS(=O)(=O)c3cn(C)cn3)ccc2OC[C@@H](C)N(CCC(F)(F)F)C[C@@H]1C. The van der Waals surface area contributed by atoms with Gasteiger partial charge < -0.3 is 18.9 Å². The summed E-state index contributed by atoms with van der Waals surface area (Å²) in [5.74, 6) is -0.426. The molecule has 0 saturated heterocycles. The summed E-state index contributed by atoms with van der Waals surface area (Å²) < 4.78 is 79.9. The van der Waals surface area contributed by atoms with Gasteiger partial charge in [0.15, 0.2) is 5.03 Å². The van der Waals surface area contributed by atoms with Crippen LogP contribution in [-0.4, -0.2) is 92.4 Å². The van der Waals surface area contributed by atoms with Gasteiger partial charge in [0.2, 0.25) is 0 Å². The van der Waals surface area contributed by atoms with Crippen molar-refractivity contribution in [1.29, 1.82) is 0 Å². The number of sulfonamides is 1. The number of amides is 1. The number of fused-ring (bicyclic) bond motifs is 1. The Morgan fingerprint density at radius 1 is 1.21 bits per heavy atom. The van der Waals surface area contributed by atoms with Gasteiger partial charge in [0, 0.05) is 58.8 Å². The first-order chi connectivity index (χ1) is 17.7. The zero-order valence-electron chi connectivity index (χ0n) is 22.0. The molecule has 3 rings (SSSR count). The molecule has 0 fully saturated rings. The van der Waals surface area contributed by atoms with Gasteiger partial charge in [-0.3, -0.25) is 14.4 Å². The van der Waals surface area contributed by atoms with E-state index < -0.39 is 40.7 Å². The van der Waals surface area contributed by atoms with Crippen molar-refractivity contribution in [2.75, 3.05) is 45.1 Å². The van der Waals surface area contributed by atoms with Crippen LogP contribution in [0, 0.1) is 5.92 Å². The smallest absolute Gasteiger partial charge is 0.390 e. The highest BCUT2D eigenvalue weighted by molar-refractivity contribution is 7.92. The minimum Gasteiger partial charge on any atom is -0.491 e. The van der Waals surface area contributed by atoms with Crippen molar-refractivity contribution in [3.8, 4) is 5.75 Å². The number of imidazole rings is 1. The minimum absolute atomic E-state index is 0.0191. The number of carbonyl (C=O) groups is 1. The summed E-state index contributed by atoms with van der Waals surface area (Å²) in [4.78, 5) is 20.4. The van der Waals surface area contributed by atoms with Crippen LogP contribution in [0.15, 0.2) is 35.7 Å². The van der Waals surface area contributed by atoms with Crippen molar-refractivity contribution in [3.63, 3.8) is 0 Å². The van der Waals surface area contributed by atoms with E-state index in [9.17, 15) is 26.4 Å². The van der Waals surface area contributed by atoms with E-state index in [-0.39, 0.29) is 47.6 Å². The molecule has 1 N–H and O–H groups in total. The van der Waals surface area contributed by atoms with Crippen molar-refractivity contribution in [1.82, 2.24) is 19.4 Å². The maximum atomic E-state index is 13.4. The van der Waals surface area contributed by atoms with Crippen LogP contribution in [0.3, 0.4) is 0 Å². The van der Waals surface area contributed by atoms with E-state index in [2.05, 4.69) is 9.71 Å². The van der Waals surface area contributed by atoms with Gasteiger partial charge in [-0.25, -0.2) is 4.98 Å². The van der Waals surface area contributed by atoms with Gasteiger partial charge in [0.1, 0.15) is 12.4 Å². The lowest BCUT2D eigenvalue weighted by Gasteiger charge is -2.36. The van der Waals surface area contributed by atoms with Gasteiger partial charge >= 0.3 is 6.18 Å². The fraction of sp³-hybridized carbons (Fsp3) is 0.583. The third kappa shape index (κ3) is 7.60. The van der Waals surface area contributed by atoms with Crippen molar-refractivity contribution in [2.24, 2.45) is 13.0 Å². The molecular weight excluding hydrogens is 527 g/mol. The molecule has 0 spiro atoms. The molecule has 0 saturated carbocycles. The van der Waals surface area contributed by atoms with Crippen LogP contribution in [0.5, 0.6) is 5.75 Å². The summed E-state index contributed by atoms with van der Waals surface area (Å²) in [6.07, 6.45) is -3.01. The van der Waals surface area contributed by atoms with E-state index in [0.717, 1.165) is 0 Å². The van der Waals surface area contributed by atoms with Gasteiger partial charge in [0.25, 0.3) is 15.9 Å². The van der Waals surface area contributed by atoms with Crippen LogP contribution in [0.25, 0.3) is 0 Å². The Morgan fingerprint density at radius 2 is 1.92 bits per heavy atom. The molecule has 1 aliphatic heterocycles. The van der Waals surface area contributed by atoms with Crippen LogP contribution < -0.4 is 9.46 Å². The molecule has 10 nitrogen and oxygen atoms in total. The molecule has 1 amide bonds. The number of anilines is 1. The Labute approximate surface area is 220 Å². The zero-order chi connectivity index (χ0) is 28.3. The molecule has 212 valence electrons. The largest absolute Gasteiger partial charge is 0.491 e.